The molecule has 3 rings (SSSR count). The van der Waals surface area contributed by atoms with Gasteiger partial charge in [0.25, 0.3) is 5.52 Å². The highest BCUT2D eigenvalue weighted by Gasteiger charge is 2.07. The van der Waals surface area contributed by atoms with E-state index < -0.39 is 0 Å². The molecule has 0 bridgehead atoms. The molecule has 2 heterocycles. The standard InChI is InChI=1S/C12H8N3O/c16-15-4-2-1-3-14-11-5-9-7-13-8-10(9)6-12(11)15/h1-8H/q+1. The van der Waals surface area contributed by atoms with E-state index in [2.05, 4.69) is 9.97 Å². The lowest BCUT2D eigenvalue weighted by molar-refractivity contribution is -0.463. The number of benzene rings is 1. The summed E-state index contributed by atoms with van der Waals surface area (Å²) in [5, 5.41) is 1.95. The lowest BCUT2D eigenvalue weighted by Crippen LogP contribution is -2.12. The van der Waals surface area contributed by atoms with Crippen molar-refractivity contribution in [2.45, 2.75) is 0 Å². The molecule has 2 aromatic heterocycles. The molecular formula is C12H8N3O+. The third-order valence-electron chi connectivity index (χ3n) is 2.48. The summed E-state index contributed by atoms with van der Waals surface area (Å²) in [5.74, 6) is 0. The van der Waals surface area contributed by atoms with E-state index in [1.54, 1.807) is 36.8 Å². The van der Waals surface area contributed by atoms with Crippen LogP contribution in [0.25, 0.3) is 21.8 Å². The number of hydrogen-bond acceptors (Lipinski definition) is 3. The van der Waals surface area contributed by atoms with Crippen LogP contribution in [0.3, 0.4) is 0 Å². The Labute approximate surface area is 90.8 Å². The van der Waals surface area contributed by atoms with E-state index >= 15 is 0 Å². The number of hydrogen-bond donors (Lipinski definition) is 0. The van der Waals surface area contributed by atoms with Gasteiger partial charge in [0, 0.05) is 46.4 Å². The first kappa shape index (κ1) is 8.91. The van der Waals surface area contributed by atoms with Crippen LogP contribution in [0.2, 0.25) is 0 Å². The molecule has 0 N–H and O–H groups in total. The normalized spacial score (nSPS) is 10.8. The van der Waals surface area contributed by atoms with Gasteiger partial charge in [0.1, 0.15) is 5.52 Å². The Morgan fingerprint density at radius 2 is 1.88 bits per heavy atom. The molecule has 4 nitrogen and oxygen atoms in total. The van der Waals surface area contributed by atoms with Crippen LogP contribution in [0.15, 0.2) is 49.1 Å². The molecule has 16 heavy (non-hydrogen) atoms. The summed E-state index contributed by atoms with van der Waals surface area (Å²) in [4.78, 5) is 20.0. The van der Waals surface area contributed by atoms with Crippen LogP contribution in [-0.2, 0) is 0 Å². The van der Waals surface area contributed by atoms with Gasteiger partial charge in [0.2, 0.25) is 6.20 Å². The summed E-state index contributed by atoms with van der Waals surface area (Å²) in [7, 11) is 0. The maximum absolute atomic E-state index is 11.7. The average molecular weight is 210 g/mol. The number of fused-ring (bicyclic) bond motifs is 2. The zero-order valence-electron chi connectivity index (χ0n) is 8.37. The predicted molar refractivity (Wildman–Crippen MR) is 60.4 cm³/mol. The summed E-state index contributed by atoms with van der Waals surface area (Å²) in [5.41, 5.74) is 1.21. The molecule has 3 aromatic rings. The fourth-order valence-corrected chi connectivity index (χ4v) is 1.69. The first-order valence-corrected chi connectivity index (χ1v) is 4.89. The van der Waals surface area contributed by atoms with Crippen LogP contribution >= 0.6 is 0 Å². The second-order valence-electron chi connectivity index (χ2n) is 3.52. The minimum atomic E-state index is 0.543. The Morgan fingerprint density at radius 1 is 1.06 bits per heavy atom. The molecule has 4 heteroatoms. The molecule has 0 amide bonds. The van der Waals surface area contributed by atoms with Crippen molar-refractivity contribution in [3.8, 4) is 0 Å². The van der Waals surface area contributed by atoms with Crippen molar-refractivity contribution in [2.75, 3.05) is 0 Å². The molecule has 0 spiro atoms. The molecule has 0 aliphatic heterocycles. The molecular weight excluding hydrogens is 202 g/mol. The van der Waals surface area contributed by atoms with E-state index in [4.69, 9.17) is 0 Å². The molecule has 0 saturated carbocycles. The van der Waals surface area contributed by atoms with Crippen molar-refractivity contribution in [1.82, 2.24) is 9.97 Å². The average Bonchev–Trinajstić information content (AvgIpc) is 2.71. The van der Waals surface area contributed by atoms with E-state index in [1.807, 2.05) is 6.07 Å². The third-order valence-corrected chi connectivity index (χ3v) is 2.48. The quantitative estimate of drug-likeness (QED) is 0.530. The van der Waals surface area contributed by atoms with Crippen LogP contribution in [0.5, 0.6) is 0 Å². The van der Waals surface area contributed by atoms with Crippen LogP contribution < -0.4 is 4.43 Å². The smallest absolute Gasteiger partial charge is 0.263 e. The molecule has 0 atom stereocenters. The second-order valence-corrected chi connectivity index (χ2v) is 3.52. The molecule has 76 valence electrons. The van der Waals surface area contributed by atoms with Gasteiger partial charge in [-0.15, -0.1) is 0 Å². The molecule has 0 saturated heterocycles. The largest absolute Gasteiger partial charge is 0.288 e. The van der Waals surface area contributed by atoms with Gasteiger partial charge in [-0.3, -0.25) is 4.98 Å². The summed E-state index contributed by atoms with van der Waals surface area (Å²) in [6.07, 6.45) is 6.64. The molecule has 0 unspecified atom stereocenters. The second kappa shape index (κ2) is 3.34. The van der Waals surface area contributed by atoms with Crippen molar-refractivity contribution < 1.29 is 4.43 Å². The van der Waals surface area contributed by atoms with Crippen molar-refractivity contribution >= 4 is 21.8 Å². The summed E-state index contributed by atoms with van der Waals surface area (Å²) < 4.78 is 0.814. The lowest BCUT2D eigenvalue weighted by atomic mass is 10.2. The zero-order valence-corrected chi connectivity index (χ0v) is 8.37. The predicted octanol–water partition coefficient (Wildman–Crippen LogP) is 1.70. The monoisotopic (exact) mass is 210 g/mol. The molecule has 1 aromatic carbocycles. The highest BCUT2D eigenvalue weighted by molar-refractivity contribution is 5.93. The molecule has 0 aliphatic rings. The summed E-state index contributed by atoms with van der Waals surface area (Å²) in [6, 6.07) is 7.05. The number of nitrogens with zero attached hydrogens (tertiary/aromatic N) is 3. The zero-order chi connectivity index (χ0) is 11.0. The summed E-state index contributed by atoms with van der Waals surface area (Å²) >= 11 is 0. The maximum atomic E-state index is 11.7. The first-order chi connectivity index (χ1) is 7.84. The Hall–Kier alpha value is -2.36. The van der Waals surface area contributed by atoms with E-state index in [-0.39, 0.29) is 0 Å². The van der Waals surface area contributed by atoms with E-state index in [0.717, 1.165) is 15.2 Å². The minimum Gasteiger partial charge on any atom is -0.263 e. The van der Waals surface area contributed by atoms with Gasteiger partial charge in [0.15, 0.2) is 0 Å². The van der Waals surface area contributed by atoms with Gasteiger partial charge in [-0.2, -0.15) is 0 Å². The minimum absolute atomic E-state index is 0.543. The van der Waals surface area contributed by atoms with E-state index in [1.165, 1.54) is 6.20 Å². The van der Waals surface area contributed by atoms with Crippen LogP contribution in [0.1, 0.15) is 0 Å². The fraction of sp³-hybridized carbons (Fsp3) is 0. The molecule has 0 aliphatic carbocycles. The number of rotatable bonds is 0. The van der Waals surface area contributed by atoms with Gasteiger partial charge in [0.05, 0.1) is 4.43 Å². The summed E-state index contributed by atoms with van der Waals surface area (Å²) in [6.45, 7) is 0. The highest BCUT2D eigenvalue weighted by atomic mass is 16.3. The Balaban J connectivity index is 2.60. The van der Waals surface area contributed by atoms with Gasteiger partial charge in [-0.25, -0.2) is 4.98 Å². The van der Waals surface area contributed by atoms with Crippen LogP contribution in [0, 0.1) is 4.91 Å². The Kier molecular flexibility index (Phi) is 1.86. The first-order valence-electron chi connectivity index (χ1n) is 4.89. The van der Waals surface area contributed by atoms with Gasteiger partial charge in [-0.05, 0) is 12.1 Å². The Bertz CT molecular complexity index is 740. The third kappa shape index (κ3) is 1.32. The van der Waals surface area contributed by atoms with Crippen molar-refractivity contribution in [1.29, 1.82) is 0 Å². The SMILES string of the molecule is O=[n+]1ccccnc2cc3cncc3cc21. The Morgan fingerprint density at radius 3 is 2.75 bits per heavy atom. The van der Waals surface area contributed by atoms with Crippen molar-refractivity contribution in [2.24, 2.45) is 0 Å². The lowest BCUT2D eigenvalue weighted by Gasteiger charge is -1.88. The van der Waals surface area contributed by atoms with Crippen LogP contribution in [-0.4, -0.2) is 9.97 Å². The number of aromatic nitrogens is 3. The maximum Gasteiger partial charge on any atom is 0.288 e. The van der Waals surface area contributed by atoms with Gasteiger partial charge >= 0.3 is 0 Å². The van der Waals surface area contributed by atoms with Gasteiger partial charge in [-0.1, -0.05) is 0 Å². The van der Waals surface area contributed by atoms with E-state index in [9.17, 15) is 4.91 Å². The fourth-order valence-electron chi connectivity index (χ4n) is 1.69. The topological polar surface area (TPSA) is 48.8 Å². The van der Waals surface area contributed by atoms with Crippen molar-refractivity contribution in [3.63, 3.8) is 0 Å². The molecule has 0 radical (unpaired) electrons. The molecule has 0 fully saturated rings. The van der Waals surface area contributed by atoms with E-state index in [0.29, 0.717) is 11.0 Å². The van der Waals surface area contributed by atoms with Crippen LogP contribution in [0.4, 0.5) is 0 Å². The highest BCUT2D eigenvalue weighted by Crippen LogP contribution is 2.17. The van der Waals surface area contributed by atoms with Crippen molar-refractivity contribution in [3.05, 3.63) is 54.0 Å². The van der Waals surface area contributed by atoms with Gasteiger partial charge < -0.3 is 0 Å².